The van der Waals surface area contributed by atoms with Crippen LogP contribution in [0.2, 0.25) is 0 Å². The molecule has 3 heteroatoms. The van der Waals surface area contributed by atoms with Crippen molar-refractivity contribution < 1.29 is 9.59 Å². The monoisotopic (exact) mass is 267 g/mol. The minimum atomic E-state index is -0.233. The fraction of sp³-hybridized carbons (Fsp3) is 0.176. The number of carbonyl (C=O) groups is 2. The van der Waals surface area contributed by atoms with Crippen LogP contribution in [-0.4, -0.2) is 18.2 Å². The van der Waals surface area contributed by atoms with Crippen LogP contribution in [0.4, 0.5) is 0 Å². The van der Waals surface area contributed by atoms with Gasteiger partial charge in [-0.3, -0.25) is 9.59 Å². The van der Waals surface area contributed by atoms with Crippen LogP contribution in [0.5, 0.6) is 0 Å². The summed E-state index contributed by atoms with van der Waals surface area (Å²) in [5, 5.41) is 2.65. The zero-order chi connectivity index (χ0) is 14.5. The van der Waals surface area contributed by atoms with E-state index in [4.69, 9.17) is 0 Å². The molecular weight excluding hydrogens is 250 g/mol. The van der Waals surface area contributed by atoms with Gasteiger partial charge in [-0.25, -0.2) is 0 Å². The van der Waals surface area contributed by atoms with E-state index >= 15 is 0 Å². The summed E-state index contributed by atoms with van der Waals surface area (Å²) in [6, 6.07) is 14.5. The van der Waals surface area contributed by atoms with E-state index in [2.05, 4.69) is 5.32 Å². The lowest BCUT2D eigenvalue weighted by Gasteiger charge is -2.07. The molecule has 0 bridgehead atoms. The molecule has 0 radical (unpaired) electrons. The van der Waals surface area contributed by atoms with E-state index < -0.39 is 0 Å². The number of aryl methyl sites for hydroxylation is 2. The van der Waals surface area contributed by atoms with E-state index in [-0.39, 0.29) is 18.2 Å². The predicted molar refractivity (Wildman–Crippen MR) is 79.0 cm³/mol. The van der Waals surface area contributed by atoms with Crippen molar-refractivity contribution in [3.05, 3.63) is 70.8 Å². The minimum Gasteiger partial charge on any atom is -0.345 e. The van der Waals surface area contributed by atoms with Gasteiger partial charge < -0.3 is 5.32 Å². The molecular formula is C17H17NO2. The third-order valence-corrected chi connectivity index (χ3v) is 3.13. The summed E-state index contributed by atoms with van der Waals surface area (Å²) < 4.78 is 0. The Balaban J connectivity index is 2.00. The van der Waals surface area contributed by atoms with Crippen LogP contribution in [0.25, 0.3) is 0 Å². The maximum Gasteiger partial charge on any atom is 0.251 e. The number of ketones is 1. The first kappa shape index (κ1) is 14.0. The molecule has 0 atom stereocenters. The van der Waals surface area contributed by atoms with Gasteiger partial charge in [0.2, 0.25) is 0 Å². The van der Waals surface area contributed by atoms with Crippen molar-refractivity contribution in [2.24, 2.45) is 0 Å². The molecule has 0 aromatic heterocycles. The molecule has 2 rings (SSSR count). The highest BCUT2D eigenvalue weighted by Crippen LogP contribution is 2.11. The molecule has 2 aromatic rings. The smallest absolute Gasteiger partial charge is 0.251 e. The van der Waals surface area contributed by atoms with Crippen molar-refractivity contribution in [1.29, 1.82) is 0 Å². The fourth-order valence-corrected chi connectivity index (χ4v) is 2.07. The molecule has 0 aliphatic heterocycles. The standard InChI is InChI=1S/C17H17NO2/c1-12-8-9-15(13(2)10-12)16(19)11-18-17(20)14-6-4-3-5-7-14/h3-10H,11H2,1-2H3,(H,18,20). The lowest BCUT2D eigenvalue weighted by molar-refractivity contribution is 0.0904. The lowest BCUT2D eigenvalue weighted by atomic mass is 10.0. The van der Waals surface area contributed by atoms with Crippen LogP contribution in [0, 0.1) is 13.8 Å². The van der Waals surface area contributed by atoms with Gasteiger partial charge in [0, 0.05) is 11.1 Å². The Kier molecular flexibility index (Phi) is 4.31. The highest BCUT2D eigenvalue weighted by molar-refractivity contribution is 6.02. The van der Waals surface area contributed by atoms with E-state index in [9.17, 15) is 9.59 Å². The number of carbonyl (C=O) groups excluding carboxylic acids is 2. The third-order valence-electron chi connectivity index (χ3n) is 3.13. The number of rotatable bonds is 4. The molecule has 0 spiro atoms. The maximum absolute atomic E-state index is 12.1. The Labute approximate surface area is 118 Å². The van der Waals surface area contributed by atoms with Crippen LogP contribution >= 0.6 is 0 Å². The molecule has 1 amide bonds. The maximum atomic E-state index is 12.1. The zero-order valence-corrected chi connectivity index (χ0v) is 11.6. The molecule has 0 heterocycles. The number of hydrogen-bond acceptors (Lipinski definition) is 2. The van der Waals surface area contributed by atoms with Gasteiger partial charge in [0.05, 0.1) is 6.54 Å². The third kappa shape index (κ3) is 3.32. The molecule has 3 nitrogen and oxygen atoms in total. The first-order valence-corrected chi connectivity index (χ1v) is 6.51. The number of benzene rings is 2. The number of nitrogens with one attached hydrogen (secondary N) is 1. The SMILES string of the molecule is Cc1ccc(C(=O)CNC(=O)c2ccccc2)c(C)c1. The molecule has 2 aromatic carbocycles. The van der Waals surface area contributed by atoms with Gasteiger partial charge in [-0.05, 0) is 31.5 Å². The minimum absolute atomic E-state index is 0.0115. The van der Waals surface area contributed by atoms with E-state index in [1.165, 1.54) is 0 Å². The quantitative estimate of drug-likeness (QED) is 0.866. The van der Waals surface area contributed by atoms with E-state index in [1.54, 1.807) is 24.3 Å². The Bertz CT molecular complexity index is 633. The molecule has 0 unspecified atom stereocenters. The molecule has 1 N–H and O–H groups in total. The van der Waals surface area contributed by atoms with Crippen molar-refractivity contribution >= 4 is 11.7 Å². The summed E-state index contributed by atoms with van der Waals surface area (Å²) in [5.74, 6) is -0.310. The van der Waals surface area contributed by atoms with Crippen molar-refractivity contribution in [2.75, 3.05) is 6.54 Å². The van der Waals surface area contributed by atoms with Gasteiger partial charge in [0.15, 0.2) is 5.78 Å². The first-order valence-electron chi connectivity index (χ1n) is 6.51. The summed E-state index contributed by atoms with van der Waals surface area (Å²) >= 11 is 0. The molecule has 20 heavy (non-hydrogen) atoms. The van der Waals surface area contributed by atoms with Gasteiger partial charge in [0.1, 0.15) is 0 Å². The number of hydrogen-bond donors (Lipinski definition) is 1. The summed E-state index contributed by atoms with van der Waals surface area (Å²) in [6.07, 6.45) is 0. The molecule has 102 valence electrons. The van der Waals surface area contributed by atoms with E-state index in [0.29, 0.717) is 11.1 Å². The summed E-state index contributed by atoms with van der Waals surface area (Å²) in [6.45, 7) is 3.90. The van der Waals surface area contributed by atoms with Gasteiger partial charge in [-0.2, -0.15) is 0 Å². The second-order valence-electron chi connectivity index (χ2n) is 4.79. The van der Waals surface area contributed by atoms with Crippen molar-refractivity contribution in [2.45, 2.75) is 13.8 Å². The van der Waals surface area contributed by atoms with Crippen LogP contribution in [0.3, 0.4) is 0 Å². The topological polar surface area (TPSA) is 46.2 Å². The van der Waals surface area contributed by atoms with Crippen LogP contribution in [0.1, 0.15) is 31.8 Å². The average molecular weight is 267 g/mol. The molecule has 0 aliphatic carbocycles. The Morgan fingerprint density at radius 2 is 1.70 bits per heavy atom. The molecule has 0 saturated carbocycles. The Hall–Kier alpha value is -2.42. The summed E-state index contributed by atoms with van der Waals surface area (Å²) in [4.78, 5) is 24.0. The van der Waals surface area contributed by atoms with E-state index in [0.717, 1.165) is 11.1 Å². The summed E-state index contributed by atoms with van der Waals surface area (Å²) in [7, 11) is 0. The fourth-order valence-electron chi connectivity index (χ4n) is 2.07. The van der Waals surface area contributed by atoms with Crippen molar-refractivity contribution in [1.82, 2.24) is 5.32 Å². The van der Waals surface area contributed by atoms with Crippen molar-refractivity contribution in [3.8, 4) is 0 Å². The first-order chi connectivity index (χ1) is 9.58. The van der Waals surface area contributed by atoms with Crippen LogP contribution in [-0.2, 0) is 0 Å². The average Bonchev–Trinajstić information content (AvgIpc) is 2.45. The Morgan fingerprint density at radius 3 is 2.35 bits per heavy atom. The van der Waals surface area contributed by atoms with Gasteiger partial charge in [-0.15, -0.1) is 0 Å². The van der Waals surface area contributed by atoms with Crippen LogP contribution < -0.4 is 5.32 Å². The highest BCUT2D eigenvalue weighted by Gasteiger charge is 2.11. The predicted octanol–water partition coefficient (Wildman–Crippen LogP) is 2.92. The lowest BCUT2D eigenvalue weighted by Crippen LogP contribution is -2.29. The second kappa shape index (κ2) is 6.15. The number of Topliss-reactive ketones (excluding diaryl/α,β-unsaturated/α-hetero) is 1. The molecule has 0 aliphatic rings. The zero-order valence-electron chi connectivity index (χ0n) is 11.6. The Morgan fingerprint density at radius 1 is 1.00 bits per heavy atom. The second-order valence-corrected chi connectivity index (χ2v) is 4.79. The van der Waals surface area contributed by atoms with Gasteiger partial charge >= 0.3 is 0 Å². The van der Waals surface area contributed by atoms with Gasteiger partial charge in [0.25, 0.3) is 5.91 Å². The summed E-state index contributed by atoms with van der Waals surface area (Å²) in [5.41, 5.74) is 3.27. The van der Waals surface area contributed by atoms with Crippen LogP contribution in [0.15, 0.2) is 48.5 Å². The largest absolute Gasteiger partial charge is 0.345 e. The molecule has 0 fully saturated rings. The molecule has 0 saturated heterocycles. The number of amides is 1. The van der Waals surface area contributed by atoms with Crippen molar-refractivity contribution in [3.63, 3.8) is 0 Å². The van der Waals surface area contributed by atoms with Gasteiger partial charge in [-0.1, -0.05) is 42.0 Å². The van der Waals surface area contributed by atoms with E-state index in [1.807, 2.05) is 38.1 Å². The normalized spacial score (nSPS) is 10.1. The highest BCUT2D eigenvalue weighted by atomic mass is 16.2.